The van der Waals surface area contributed by atoms with Crippen molar-refractivity contribution in [2.75, 3.05) is 26.4 Å². The predicted octanol–water partition coefficient (Wildman–Crippen LogP) is 12.9. The van der Waals surface area contributed by atoms with E-state index in [1.54, 1.807) is 6.08 Å². The smallest absolute Gasteiger partial charge is 0.220 e. The zero-order valence-electron chi connectivity index (χ0n) is 62.1. The van der Waals surface area contributed by atoms with E-state index in [4.69, 9.17) is 28.4 Å². The SMILES string of the molecule is CC/C=C\C/C=C\C/C=C\C/C=C\C/C=C\C/C=C\C/C=C\CCCCCCCCCCCCCCCCCC(=O)NC(COC1OC(CO)C(OC2OC(CO)C(OC3OC(CO)C(O)C(O)C3O)C(O)C2O)C(O)C1O)C(O)/C=C/CC/C=C/CCCCCCCCCCCCCCC. The third-order valence-electron chi connectivity index (χ3n) is 19.1. The molecule has 0 bridgehead atoms. The number of hydrogen-bond acceptors (Lipinski definition) is 18. The van der Waals surface area contributed by atoms with Gasteiger partial charge in [0.1, 0.15) is 73.2 Å². The maximum Gasteiger partial charge on any atom is 0.220 e. The number of ether oxygens (including phenoxy) is 6. The van der Waals surface area contributed by atoms with Gasteiger partial charge in [0.2, 0.25) is 5.91 Å². The molecule has 0 aliphatic carbocycles. The third kappa shape index (κ3) is 41.8. The highest BCUT2D eigenvalue weighted by Gasteiger charge is 2.53. The van der Waals surface area contributed by atoms with Crippen LogP contribution in [-0.2, 0) is 33.2 Å². The summed E-state index contributed by atoms with van der Waals surface area (Å²) in [6, 6.07) is -0.996. The van der Waals surface area contributed by atoms with Gasteiger partial charge < -0.3 is 89.9 Å². The van der Waals surface area contributed by atoms with E-state index in [1.165, 1.54) is 148 Å². The van der Waals surface area contributed by atoms with E-state index >= 15 is 0 Å². The van der Waals surface area contributed by atoms with Crippen LogP contribution in [0.2, 0.25) is 0 Å². The van der Waals surface area contributed by atoms with Gasteiger partial charge in [-0.05, 0) is 89.9 Å². The van der Waals surface area contributed by atoms with Crippen molar-refractivity contribution in [3.05, 3.63) is 109 Å². The molecule has 3 aliphatic heterocycles. The molecule has 0 aromatic rings. The van der Waals surface area contributed by atoms with Crippen LogP contribution < -0.4 is 5.32 Å². The van der Waals surface area contributed by atoms with Gasteiger partial charge in [0.05, 0.1) is 38.6 Å². The Balaban J connectivity index is 1.35. The van der Waals surface area contributed by atoms with E-state index in [0.717, 1.165) is 89.9 Å². The molecular formula is C82H141NO18. The normalized spacial score (nSPS) is 26.9. The molecule has 101 heavy (non-hydrogen) atoms. The first kappa shape index (κ1) is 91.7. The fourth-order valence-electron chi connectivity index (χ4n) is 12.7. The molecule has 3 saturated heterocycles. The van der Waals surface area contributed by atoms with E-state index < -0.39 is 124 Å². The van der Waals surface area contributed by atoms with E-state index in [-0.39, 0.29) is 18.9 Å². The summed E-state index contributed by atoms with van der Waals surface area (Å²) in [6.07, 6.45) is 57.9. The summed E-state index contributed by atoms with van der Waals surface area (Å²) in [5.41, 5.74) is 0. The van der Waals surface area contributed by atoms with Gasteiger partial charge in [0, 0.05) is 6.42 Å². The lowest BCUT2D eigenvalue weighted by Gasteiger charge is -2.48. The van der Waals surface area contributed by atoms with Gasteiger partial charge in [0.15, 0.2) is 18.9 Å². The summed E-state index contributed by atoms with van der Waals surface area (Å²) in [5.74, 6) is -0.287. The first-order chi connectivity index (χ1) is 49.3. The number of carbonyl (C=O) groups is 1. The minimum atomic E-state index is -1.99. The van der Waals surface area contributed by atoms with Gasteiger partial charge in [-0.2, -0.15) is 0 Å². The lowest BCUT2D eigenvalue weighted by molar-refractivity contribution is -0.379. The minimum absolute atomic E-state index is 0.230. The highest BCUT2D eigenvalue weighted by Crippen LogP contribution is 2.33. The van der Waals surface area contributed by atoms with Crippen LogP contribution in [0.3, 0.4) is 0 Å². The van der Waals surface area contributed by atoms with Crippen molar-refractivity contribution in [3.8, 4) is 0 Å². The van der Waals surface area contributed by atoms with Crippen molar-refractivity contribution in [1.29, 1.82) is 0 Å². The molecule has 17 unspecified atom stereocenters. The topological polar surface area (TPSA) is 307 Å². The van der Waals surface area contributed by atoms with Crippen LogP contribution in [0.5, 0.6) is 0 Å². The molecule has 19 heteroatoms. The molecule has 0 aromatic carbocycles. The van der Waals surface area contributed by atoms with Crippen molar-refractivity contribution >= 4 is 5.91 Å². The average Bonchev–Trinajstić information content (AvgIpc) is 0.789. The first-order valence-corrected chi connectivity index (χ1v) is 39.6. The number of allylic oxidation sites excluding steroid dienone is 17. The van der Waals surface area contributed by atoms with Crippen LogP contribution in [0.1, 0.15) is 271 Å². The molecule has 0 radical (unpaired) electrons. The number of carbonyl (C=O) groups excluding carboxylic acids is 1. The Labute approximate surface area is 608 Å². The fourth-order valence-corrected chi connectivity index (χ4v) is 12.7. The number of hydrogen-bond donors (Lipinski definition) is 12. The molecule has 1 amide bonds. The average molecular weight is 1430 g/mol. The zero-order chi connectivity index (χ0) is 73.2. The summed E-state index contributed by atoms with van der Waals surface area (Å²) < 4.78 is 34.4. The number of nitrogens with one attached hydrogen (secondary N) is 1. The second kappa shape index (κ2) is 61.6. The van der Waals surface area contributed by atoms with Crippen LogP contribution in [0.4, 0.5) is 0 Å². The van der Waals surface area contributed by atoms with Crippen LogP contribution in [0, 0.1) is 0 Å². The Bertz CT molecular complexity index is 2250. The van der Waals surface area contributed by atoms with E-state index in [2.05, 4.69) is 116 Å². The van der Waals surface area contributed by atoms with Crippen LogP contribution in [0.15, 0.2) is 109 Å². The molecule has 19 nitrogen and oxygen atoms in total. The quantitative estimate of drug-likeness (QED) is 0.0199. The van der Waals surface area contributed by atoms with Gasteiger partial charge in [-0.15, -0.1) is 0 Å². The Morgan fingerprint density at radius 1 is 0.366 bits per heavy atom. The highest BCUT2D eigenvalue weighted by molar-refractivity contribution is 5.76. The molecule has 0 aromatic heterocycles. The van der Waals surface area contributed by atoms with Crippen LogP contribution >= 0.6 is 0 Å². The lowest BCUT2D eigenvalue weighted by atomic mass is 9.96. The van der Waals surface area contributed by atoms with Crippen LogP contribution in [0.25, 0.3) is 0 Å². The van der Waals surface area contributed by atoms with Crippen molar-refractivity contribution in [2.45, 2.75) is 375 Å². The molecule has 3 aliphatic rings. The number of amides is 1. The molecule has 3 fully saturated rings. The number of aliphatic hydroxyl groups excluding tert-OH is 11. The molecule has 12 N–H and O–H groups in total. The standard InChI is InChI=1S/C82H141NO18/c1-3-5-7-9-11-13-15-17-19-21-23-24-25-26-27-28-29-30-31-32-33-34-35-36-37-38-39-40-42-44-46-48-50-52-54-56-58-60-70(88)83-65(66(87)59-57-55-53-51-49-47-45-43-41-22-20-18-16-14-12-10-8-6-4-2)64-96-80-76(94)73(91)78(68(62-85)98-80)101-82-77(95)74(92)79(69(63-86)99-82)100-81-75(93)72(90)71(89)67(61-84)97-81/h5,7,11,13,17,19,23-24,26-27,29-30,32-33,49,51,57,59,65-69,71-82,84-87,89-95H,3-4,6,8-10,12,14-16,18,20-22,25,28,31,34-48,50,52-56,58,60-64H2,1-2H3,(H,83,88)/b7-5-,13-11-,19-17-,24-23-,27-26-,30-29-,33-32-,51-49+,59-57+. The summed E-state index contributed by atoms with van der Waals surface area (Å²) >= 11 is 0. The molecule has 0 spiro atoms. The van der Waals surface area contributed by atoms with Crippen molar-refractivity contribution < 1.29 is 89.4 Å². The van der Waals surface area contributed by atoms with Gasteiger partial charge in [-0.3, -0.25) is 4.79 Å². The second-order valence-electron chi connectivity index (χ2n) is 27.8. The Morgan fingerprint density at radius 2 is 0.693 bits per heavy atom. The van der Waals surface area contributed by atoms with Crippen LogP contribution in [-0.4, -0.2) is 193 Å². The Hall–Kier alpha value is -3.55. The number of aliphatic hydroxyl groups is 11. The zero-order valence-corrected chi connectivity index (χ0v) is 62.1. The van der Waals surface area contributed by atoms with Crippen molar-refractivity contribution in [2.24, 2.45) is 0 Å². The largest absolute Gasteiger partial charge is 0.394 e. The molecule has 582 valence electrons. The summed E-state index contributed by atoms with van der Waals surface area (Å²) in [4.78, 5) is 13.5. The molecule has 3 rings (SSSR count). The Kier molecular flexibility index (Phi) is 55.9. The molecular weight excluding hydrogens is 1290 g/mol. The van der Waals surface area contributed by atoms with E-state index in [0.29, 0.717) is 12.8 Å². The summed E-state index contributed by atoms with van der Waals surface area (Å²) in [5, 5.41) is 121. The maximum atomic E-state index is 13.5. The fraction of sp³-hybridized carbons (Fsp3) is 0.768. The monoisotopic (exact) mass is 1430 g/mol. The van der Waals surface area contributed by atoms with Gasteiger partial charge >= 0.3 is 0 Å². The minimum Gasteiger partial charge on any atom is -0.394 e. The number of unbranched alkanes of at least 4 members (excludes halogenated alkanes) is 29. The van der Waals surface area contributed by atoms with E-state index in [9.17, 15) is 61.0 Å². The predicted molar refractivity (Wildman–Crippen MR) is 401 cm³/mol. The van der Waals surface area contributed by atoms with Gasteiger partial charge in [-0.1, -0.05) is 284 Å². The number of rotatable bonds is 61. The summed E-state index contributed by atoms with van der Waals surface area (Å²) in [7, 11) is 0. The van der Waals surface area contributed by atoms with Gasteiger partial charge in [-0.25, -0.2) is 0 Å². The lowest BCUT2D eigenvalue weighted by Crippen LogP contribution is -2.66. The molecule has 3 heterocycles. The van der Waals surface area contributed by atoms with Crippen molar-refractivity contribution in [1.82, 2.24) is 5.32 Å². The second-order valence-corrected chi connectivity index (χ2v) is 27.8. The van der Waals surface area contributed by atoms with Gasteiger partial charge in [0.25, 0.3) is 0 Å². The third-order valence-corrected chi connectivity index (χ3v) is 19.1. The Morgan fingerprint density at radius 3 is 1.11 bits per heavy atom. The highest BCUT2D eigenvalue weighted by atomic mass is 16.8. The summed E-state index contributed by atoms with van der Waals surface area (Å²) in [6.45, 7) is 1.61. The molecule has 0 saturated carbocycles. The first-order valence-electron chi connectivity index (χ1n) is 39.6. The van der Waals surface area contributed by atoms with Crippen molar-refractivity contribution in [3.63, 3.8) is 0 Å². The maximum absolute atomic E-state index is 13.5. The van der Waals surface area contributed by atoms with E-state index in [1.807, 2.05) is 6.08 Å². The molecule has 17 atom stereocenters.